The SMILES string of the molecule is CCC1CCC1n1nccc1CCNc1nc2c(Cl)c(C)nn2c(N)c1C#N. The number of nitrogens with two attached hydrogens (primary N) is 1. The number of hydrogen-bond acceptors (Lipinski definition) is 6. The molecule has 0 spiro atoms. The Morgan fingerprint density at radius 3 is 2.93 bits per heavy atom. The predicted octanol–water partition coefficient (Wildman–Crippen LogP) is 3.36. The molecule has 4 rings (SSSR count). The standard InChI is InChI=1S/C19H23ClN8/c1-3-12-4-5-15(12)27-13(7-9-24-27)6-8-23-18-14(10-21)17(22)28-19(25-18)16(20)11(2)26-28/h7,9,12,15H,3-6,8,22H2,1-2H3,(H,23,25). The van der Waals surface area contributed by atoms with E-state index in [1.54, 1.807) is 6.92 Å². The maximum Gasteiger partial charge on any atom is 0.178 e. The van der Waals surface area contributed by atoms with Crippen LogP contribution in [0, 0.1) is 24.2 Å². The van der Waals surface area contributed by atoms with Gasteiger partial charge in [0.15, 0.2) is 5.65 Å². The van der Waals surface area contributed by atoms with Crippen molar-refractivity contribution in [1.82, 2.24) is 24.4 Å². The monoisotopic (exact) mass is 398 g/mol. The number of halogens is 1. The first-order valence-electron chi connectivity index (χ1n) is 9.55. The summed E-state index contributed by atoms with van der Waals surface area (Å²) in [5.41, 5.74) is 8.64. The van der Waals surface area contributed by atoms with E-state index in [1.165, 1.54) is 29.5 Å². The Balaban J connectivity index is 1.53. The van der Waals surface area contributed by atoms with Crippen molar-refractivity contribution in [2.75, 3.05) is 17.6 Å². The van der Waals surface area contributed by atoms with E-state index in [4.69, 9.17) is 17.3 Å². The van der Waals surface area contributed by atoms with Gasteiger partial charge in [0.1, 0.15) is 28.3 Å². The van der Waals surface area contributed by atoms with Crippen molar-refractivity contribution in [2.24, 2.45) is 5.92 Å². The van der Waals surface area contributed by atoms with Gasteiger partial charge in [-0.2, -0.15) is 20.0 Å². The molecule has 8 nitrogen and oxygen atoms in total. The fourth-order valence-corrected chi connectivity index (χ4v) is 4.04. The van der Waals surface area contributed by atoms with Crippen LogP contribution in [0.2, 0.25) is 5.02 Å². The van der Waals surface area contributed by atoms with E-state index >= 15 is 0 Å². The minimum atomic E-state index is 0.232. The molecule has 28 heavy (non-hydrogen) atoms. The van der Waals surface area contributed by atoms with Crippen LogP contribution >= 0.6 is 11.6 Å². The van der Waals surface area contributed by atoms with E-state index in [-0.39, 0.29) is 11.4 Å². The van der Waals surface area contributed by atoms with Crippen LogP contribution in [0.4, 0.5) is 11.6 Å². The summed E-state index contributed by atoms with van der Waals surface area (Å²) in [4.78, 5) is 4.49. The fraction of sp³-hybridized carbons (Fsp3) is 0.474. The Labute approximate surface area is 168 Å². The average molecular weight is 399 g/mol. The number of fused-ring (bicyclic) bond motifs is 1. The van der Waals surface area contributed by atoms with E-state index < -0.39 is 0 Å². The highest BCUT2D eigenvalue weighted by Crippen LogP contribution is 2.40. The number of nitrogens with zero attached hydrogens (tertiary/aromatic N) is 6. The van der Waals surface area contributed by atoms with Gasteiger partial charge < -0.3 is 11.1 Å². The van der Waals surface area contributed by atoms with Crippen molar-refractivity contribution in [3.05, 3.63) is 34.2 Å². The highest BCUT2D eigenvalue weighted by molar-refractivity contribution is 6.34. The van der Waals surface area contributed by atoms with Gasteiger partial charge in [0.2, 0.25) is 0 Å². The van der Waals surface area contributed by atoms with Crippen LogP contribution in [-0.2, 0) is 6.42 Å². The Kier molecular flexibility index (Phi) is 4.85. The van der Waals surface area contributed by atoms with Gasteiger partial charge >= 0.3 is 0 Å². The van der Waals surface area contributed by atoms with Crippen molar-refractivity contribution in [3.8, 4) is 6.07 Å². The Hall–Kier alpha value is -2.79. The molecule has 0 amide bonds. The van der Waals surface area contributed by atoms with Crippen LogP contribution in [0.25, 0.3) is 5.65 Å². The Morgan fingerprint density at radius 2 is 2.25 bits per heavy atom. The van der Waals surface area contributed by atoms with Crippen LogP contribution < -0.4 is 11.1 Å². The maximum absolute atomic E-state index is 9.53. The predicted molar refractivity (Wildman–Crippen MR) is 108 cm³/mol. The quantitative estimate of drug-likeness (QED) is 0.658. The van der Waals surface area contributed by atoms with E-state index in [0.717, 1.165) is 6.42 Å². The summed E-state index contributed by atoms with van der Waals surface area (Å²) in [7, 11) is 0. The third kappa shape index (κ3) is 2.96. The minimum Gasteiger partial charge on any atom is -0.382 e. The minimum absolute atomic E-state index is 0.232. The zero-order valence-corrected chi connectivity index (χ0v) is 16.7. The summed E-state index contributed by atoms with van der Waals surface area (Å²) in [6.07, 6.45) is 6.28. The Morgan fingerprint density at radius 1 is 1.43 bits per heavy atom. The highest BCUT2D eigenvalue weighted by atomic mass is 35.5. The summed E-state index contributed by atoms with van der Waals surface area (Å²) in [5, 5.41) is 22.0. The number of nitrogens with one attached hydrogen (secondary N) is 1. The molecule has 2 atom stereocenters. The first kappa shape index (κ1) is 18.6. The van der Waals surface area contributed by atoms with E-state index in [2.05, 4.69) is 44.2 Å². The van der Waals surface area contributed by atoms with Crippen molar-refractivity contribution < 1.29 is 0 Å². The highest BCUT2D eigenvalue weighted by Gasteiger charge is 2.32. The zero-order valence-electron chi connectivity index (χ0n) is 16.0. The van der Waals surface area contributed by atoms with Gasteiger partial charge in [-0.1, -0.05) is 24.9 Å². The molecule has 3 aromatic rings. The second kappa shape index (κ2) is 7.32. The Bertz CT molecular complexity index is 1060. The van der Waals surface area contributed by atoms with Crippen LogP contribution in [0.15, 0.2) is 12.3 Å². The summed E-state index contributed by atoms with van der Waals surface area (Å²) in [5.74, 6) is 1.37. The number of aromatic nitrogens is 5. The second-order valence-corrected chi connectivity index (χ2v) is 7.60. The van der Waals surface area contributed by atoms with Gasteiger partial charge in [-0.15, -0.1) is 0 Å². The third-order valence-corrected chi connectivity index (χ3v) is 6.10. The fourth-order valence-electron chi connectivity index (χ4n) is 3.88. The molecule has 9 heteroatoms. The summed E-state index contributed by atoms with van der Waals surface area (Å²) >= 11 is 6.28. The molecule has 3 heterocycles. The van der Waals surface area contributed by atoms with Gasteiger partial charge in [0.05, 0.1) is 11.7 Å². The second-order valence-electron chi connectivity index (χ2n) is 7.22. The summed E-state index contributed by atoms with van der Waals surface area (Å²) < 4.78 is 3.57. The molecule has 3 aromatic heterocycles. The summed E-state index contributed by atoms with van der Waals surface area (Å²) in [6.45, 7) is 4.62. The number of nitrogen functional groups attached to an aromatic ring is 1. The largest absolute Gasteiger partial charge is 0.382 e. The first-order valence-corrected chi connectivity index (χ1v) is 9.93. The third-order valence-electron chi connectivity index (χ3n) is 5.66. The lowest BCUT2D eigenvalue weighted by molar-refractivity contribution is 0.158. The molecule has 0 radical (unpaired) electrons. The van der Waals surface area contributed by atoms with Gasteiger partial charge in [-0.3, -0.25) is 4.68 Å². The maximum atomic E-state index is 9.53. The van der Waals surface area contributed by atoms with Crippen molar-refractivity contribution >= 4 is 28.9 Å². The molecule has 2 unspecified atom stereocenters. The molecule has 1 aliphatic carbocycles. The smallest absolute Gasteiger partial charge is 0.178 e. The average Bonchev–Trinajstić information content (AvgIpc) is 3.21. The molecule has 0 aliphatic heterocycles. The molecule has 146 valence electrons. The van der Waals surface area contributed by atoms with E-state index in [9.17, 15) is 5.26 Å². The number of rotatable bonds is 6. The number of hydrogen-bond donors (Lipinski definition) is 2. The molecule has 0 bridgehead atoms. The van der Waals surface area contributed by atoms with Gasteiger partial charge in [-0.25, -0.2) is 4.98 Å². The number of aryl methyl sites for hydroxylation is 1. The van der Waals surface area contributed by atoms with Gasteiger partial charge in [0, 0.05) is 24.9 Å². The number of anilines is 2. The molecular weight excluding hydrogens is 376 g/mol. The summed E-state index contributed by atoms with van der Waals surface area (Å²) in [6, 6.07) is 4.68. The van der Waals surface area contributed by atoms with E-state index in [0.29, 0.717) is 40.7 Å². The lowest BCUT2D eigenvalue weighted by Gasteiger charge is -2.37. The molecule has 1 fully saturated rings. The molecule has 1 saturated carbocycles. The van der Waals surface area contributed by atoms with Gasteiger partial charge in [-0.05, 0) is 31.7 Å². The van der Waals surface area contributed by atoms with Gasteiger partial charge in [0.25, 0.3) is 0 Å². The molecule has 3 N–H and O–H groups in total. The normalized spacial score (nSPS) is 18.8. The van der Waals surface area contributed by atoms with Crippen molar-refractivity contribution in [1.29, 1.82) is 5.26 Å². The van der Waals surface area contributed by atoms with Crippen LogP contribution in [0.1, 0.15) is 49.2 Å². The zero-order chi connectivity index (χ0) is 19.8. The molecule has 0 aromatic carbocycles. The topological polar surface area (TPSA) is 110 Å². The van der Waals surface area contributed by atoms with Crippen LogP contribution in [0.5, 0.6) is 0 Å². The van der Waals surface area contributed by atoms with Crippen LogP contribution in [-0.4, -0.2) is 30.9 Å². The molecule has 1 aliphatic rings. The molecule has 0 saturated heterocycles. The van der Waals surface area contributed by atoms with Crippen molar-refractivity contribution in [2.45, 2.75) is 45.6 Å². The lowest BCUT2D eigenvalue weighted by Crippen LogP contribution is -2.30. The number of nitriles is 1. The van der Waals surface area contributed by atoms with Crippen LogP contribution in [0.3, 0.4) is 0 Å². The lowest BCUT2D eigenvalue weighted by atomic mass is 9.78. The van der Waals surface area contributed by atoms with E-state index in [1.807, 2.05) is 6.20 Å². The first-order chi connectivity index (χ1) is 13.5. The van der Waals surface area contributed by atoms with Crippen molar-refractivity contribution in [3.63, 3.8) is 0 Å². The molecular formula is C19H23ClN8.